The molecule has 2 N–H and O–H groups in total. The third-order valence-electron chi connectivity index (χ3n) is 3.07. The van der Waals surface area contributed by atoms with Crippen molar-refractivity contribution >= 4 is 44.1 Å². The van der Waals surface area contributed by atoms with Crippen LogP contribution in [0.4, 0.5) is 5.69 Å². The second-order valence-electron chi connectivity index (χ2n) is 4.34. The standard InChI is InChI=1S/C15H12BrClN2/c16-13-3-1-2-4-14(13)18-8-10-9-19-15-7-11(17)5-6-12(10)15/h1-7,9,18-19H,8H2. The van der Waals surface area contributed by atoms with Crippen LogP contribution in [0.15, 0.2) is 53.1 Å². The molecule has 4 heteroatoms. The highest BCUT2D eigenvalue weighted by Gasteiger charge is 2.04. The summed E-state index contributed by atoms with van der Waals surface area (Å²) in [5, 5.41) is 5.37. The minimum absolute atomic E-state index is 0.750. The van der Waals surface area contributed by atoms with E-state index in [4.69, 9.17) is 11.6 Å². The minimum atomic E-state index is 0.750. The van der Waals surface area contributed by atoms with Gasteiger partial charge in [-0.05, 0) is 45.8 Å². The summed E-state index contributed by atoms with van der Waals surface area (Å²) in [4.78, 5) is 3.24. The Balaban J connectivity index is 1.84. The molecule has 96 valence electrons. The number of rotatable bonds is 3. The number of H-pyrrole nitrogens is 1. The van der Waals surface area contributed by atoms with Gasteiger partial charge in [0.15, 0.2) is 0 Å². The van der Waals surface area contributed by atoms with Gasteiger partial charge in [0.25, 0.3) is 0 Å². The van der Waals surface area contributed by atoms with Crippen molar-refractivity contribution in [2.75, 3.05) is 5.32 Å². The van der Waals surface area contributed by atoms with Crippen LogP contribution in [0, 0.1) is 0 Å². The number of para-hydroxylation sites is 1. The summed E-state index contributed by atoms with van der Waals surface area (Å²) < 4.78 is 1.07. The molecule has 0 bridgehead atoms. The molecule has 0 aliphatic carbocycles. The molecule has 19 heavy (non-hydrogen) atoms. The molecule has 2 aromatic carbocycles. The summed E-state index contributed by atoms with van der Waals surface area (Å²) in [6.45, 7) is 0.768. The van der Waals surface area contributed by atoms with Gasteiger partial charge in [-0.25, -0.2) is 0 Å². The number of aromatic nitrogens is 1. The van der Waals surface area contributed by atoms with Crippen LogP contribution in [-0.2, 0) is 6.54 Å². The Kier molecular flexibility index (Phi) is 3.49. The van der Waals surface area contributed by atoms with E-state index in [1.807, 2.05) is 42.6 Å². The van der Waals surface area contributed by atoms with Crippen LogP contribution >= 0.6 is 27.5 Å². The van der Waals surface area contributed by atoms with E-state index >= 15 is 0 Å². The molecule has 0 spiro atoms. The number of hydrogen-bond donors (Lipinski definition) is 2. The normalized spacial score (nSPS) is 10.8. The van der Waals surface area contributed by atoms with Crippen LogP contribution < -0.4 is 5.32 Å². The van der Waals surface area contributed by atoms with Crippen molar-refractivity contribution in [3.8, 4) is 0 Å². The zero-order chi connectivity index (χ0) is 13.2. The Bertz CT molecular complexity index is 721. The number of hydrogen-bond acceptors (Lipinski definition) is 1. The Morgan fingerprint density at radius 1 is 1.16 bits per heavy atom. The lowest BCUT2D eigenvalue weighted by molar-refractivity contribution is 1.16. The smallest absolute Gasteiger partial charge is 0.0487 e. The zero-order valence-electron chi connectivity index (χ0n) is 10.1. The topological polar surface area (TPSA) is 27.8 Å². The lowest BCUT2D eigenvalue weighted by atomic mass is 10.2. The highest BCUT2D eigenvalue weighted by atomic mass is 79.9. The van der Waals surface area contributed by atoms with Crippen LogP contribution in [0.3, 0.4) is 0 Å². The van der Waals surface area contributed by atoms with Gasteiger partial charge in [-0.15, -0.1) is 0 Å². The maximum atomic E-state index is 5.98. The van der Waals surface area contributed by atoms with E-state index < -0.39 is 0 Å². The number of aromatic amines is 1. The summed E-state index contributed by atoms with van der Waals surface area (Å²) in [6.07, 6.45) is 2.02. The first-order chi connectivity index (χ1) is 9.24. The molecule has 3 rings (SSSR count). The number of halogens is 2. The van der Waals surface area contributed by atoms with E-state index in [0.29, 0.717) is 0 Å². The largest absolute Gasteiger partial charge is 0.380 e. The van der Waals surface area contributed by atoms with E-state index in [2.05, 4.69) is 32.3 Å². The minimum Gasteiger partial charge on any atom is -0.380 e. The molecule has 0 saturated heterocycles. The van der Waals surface area contributed by atoms with E-state index in [0.717, 1.165) is 27.2 Å². The number of nitrogens with one attached hydrogen (secondary N) is 2. The second-order valence-corrected chi connectivity index (χ2v) is 5.63. The fraction of sp³-hybridized carbons (Fsp3) is 0.0667. The maximum absolute atomic E-state index is 5.98. The Morgan fingerprint density at radius 2 is 2.00 bits per heavy atom. The second kappa shape index (κ2) is 5.27. The molecule has 0 atom stereocenters. The fourth-order valence-corrected chi connectivity index (χ4v) is 2.70. The van der Waals surface area contributed by atoms with Gasteiger partial charge in [-0.2, -0.15) is 0 Å². The van der Waals surface area contributed by atoms with Crippen LogP contribution in [0.1, 0.15) is 5.56 Å². The van der Waals surface area contributed by atoms with E-state index in [9.17, 15) is 0 Å². The lowest BCUT2D eigenvalue weighted by Gasteiger charge is -2.07. The van der Waals surface area contributed by atoms with E-state index in [-0.39, 0.29) is 0 Å². The van der Waals surface area contributed by atoms with Crippen molar-refractivity contribution in [2.24, 2.45) is 0 Å². The van der Waals surface area contributed by atoms with E-state index in [1.54, 1.807) is 0 Å². The van der Waals surface area contributed by atoms with Gasteiger partial charge in [0.2, 0.25) is 0 Å². The summed E-state index contributed by atoms with van der Waals surface area (Å²) in [5.41, 5.74) is 3.38. The van der Waals surface area contributed by atoms with Crippen LogP contribution in [-0.4, -0.2) is 4.98 Å². The van der Waals surface area contributed by atoms with Gasteiger partial charge in [0, 0.05) is 38.8 Å². The predicted octanol–water partition coefficient (Wildman–Crippen LogP) is 5.20. The molecular weight excluding hydrogens is 324 g/mol. The van der Waals surface area contributed by atoms with Crippen LogP contribution in [0.5, 0.6) is 0 Å². The first-order valence-electron chi connectivity index (χ1n) is 5.98. The van der Waals surface area contributed by atoms with Crippen LogP contribution in [0.2, 0.25) is 5.02 Å². The average Bonchev–Trinajstić information content (AvgIpc) is 2.80. The summed E-state index contributed by atoms with van der Waals surface area (Å²) >= 11 is 9.51. The molecule has 2 nitrogen and oxygen atoms in total. The van der Waals surface area contributed by atoms with Crippen molar-refractivity contribution in [1.29, 1.82) is 0 Å². The molecule has 0 amide bonds. The Labute approximate surface area is 124 Å². The van der Waals surface area contributed by atoms with Crippen molar-refractivity contribution in [3.05, 3.63) is 63.7 Å². The molecule has 3 aromatic rings. The van der Waals surface area contributed by atoms with Gasteiger partial charge >= 0.3 is 0 Å². The average molecular weight is 336 g/mol. The number of benzene rings is 2. The Morgan fingerprint density at radius 3 is 2.84 bits per heavy atom. The highest BCUT2D eigenvalue weighted by molar-refractivity contribution is 9.10. The molecule has 1 heterocycles. The molecular formula is C15H12BrClN2. The van der Waals surface area contributed by atoms with Crippen molar-refractivity contribution in [1.82, 2.24) is 4.98 Å². The molecule has 0 radical (unpaired) electrons. The molecule has 0 aliphatic rings. The Hall–Kier alpha value is -1.45. The SMILES string of the molecule is Clc1ccc2c(CNc3ccccc3Br)c[nH]c2c1. The first kappa shape index (κ1) is 12.6. The third kappa shape index (κ3) is 2.62. The lowest BCUT2D eigenvalue weighted by Crippen LogP contribution is -1.99. The third-order valence-corrected chi connectivity index (χ3v) is 4.00. The summed E-state index contributed by atoms with van der Waals surface area (Å²) in [7, 11) is 0. The van der Waals surface area contributed by atoms with Gasteiger partial charge in [0.05, 0.1) is 0 Å². The number of anilines is 1. The quantitative estimate of drug-likeness (QED) is 0.677. The van der Waals surface area contributed by atoms with Crippen molar-refractivity contribution in [2.45, 2.75) is 6.54 Å². The zero-order valence-corrected chi connectivity index (χ0v) is 12.4. The van der Waals surface area contributed by atoms with Gasteiger partial charge in [0.1, 0.15) is 0 Å². The molecule has 1 aromatic heterocycles. The molecule has 0 aliphatic heterocycles. The first-order valence-corrected chi connectivity index (χ1v) is 7.15. The van der Waals surface area contributed by atoms with Gasteiger partial charge in [-0.3, -0.25) is 0 Å². The summed E-state index contributed by atoms with van der Waals surface area (Å²) in [5.74, 6) is 0. The molecule has 0 saturated carbocycles. The fourth-order valence-electron chi connectivity index (χ4n) is 2.10. The predicted molar refractivity (Wildman–Crippen MR) is 84.8 cm³/mol. The summed E-state index contributed by atoms with van der Waals surface area (Å²) in [6, 6.07) is 14.0. The van der Waals surface area contributed by atoms with Crippen LogP contribution in [0.25, 0.3) is 10.9 Å². The maximum Gasteiger partial charge on any atom is 0.0487 e. The highest BCUT2D eigenvalue weighted by Crippen LogP contribution is 2.25. The number of fused-ring (bicyclic) bond motifs is 1. The van der Waals surface area contributed by atoms with Crippen molar-refractivity contribution in [3.63, 3.8) is 0 Å². The van der Waals surface area contributed by atoms with Crippen molar-refractivity contribution < 1.29 is 0 Å². The van der Waals surface area contributed by atoms with Gasteiger partial charge < -0.3 is 10.3 Å². The monoisotopic (exact) mass is 334 g/mol. The van der Waals surface area contributed by atoms with Gasteiger partial charge in [-0.1, -0.05) is 29.8 Å². The van der Waals surface area contributed by atoms with E-state index in [1.165, 1.54) is 10.9 Å². The molecule has 0 unspecified atom stereocenters. The molecule has 0 fully saturated rings.